The van der Waals surface area contributed by atoms with E-state index in [0.717, 1.165) is 19.4 Å². The molecule has 0 bridgehead atoms. The van der Waals surface area contributed by atoms with Gasteiger partial charge in [-0.1, -0.05) is 30.3 Å². The molecule has 126 valence electrons. The Kier molecular flexibility index (Phi) is 4.73. The maximum Gasteiger partial charge on any atom is 0.236 e. The predicted molar refractivity (Wildman–Crippen MR) is 89.8 cm³/mol. The van der Waals surface area contributed by atoms with Crippen LogP contribution in [-0.4, -0.2) is 61.8 Å². The first kappa shape index (κ1) is 16.5. The second-order valence-electron chi connectivity index (χ2n) is 6.60. The fraction of sp³-hybridized carbons (Fsp3) is 0.588. The van der Waals surface area contributed by atoms with Crippen LogP contribution in [0.15, 0.2) is 30.3 Å². The van der Waals surface area contributed by atoms with Crippen molar-refractivity contribution < 1.29 is 13.2 Å². The van der Waals surface area contributed by atoms with E-state index in [1.807, 2.05) is 18.2 Å². The van der Waals surface area contributed by atoms with Crippen LogP contribution in [0.1, 0.15) is 30.9 Å². The van der Waals surface area contributed by atoms with Gasteiger partial charge in [-0.25, -0.2) is 8.42 Å². The lowest BCUT2D eigenvalue weighted by Gasteiger charge is -2.29. The van der Waals surface area contributed by atoms with Crippen LogP contribution >= 0.6 is 0 Å². The van der Waals surface area contributed by atoms with Gasteiger partial charge in [0.25, 0.3) is 0 Å². The Balaban J connectivity index is 1.63. The fourth-order valence-corrected chi connectivity index (χ4v) is 5.41. The summed E-state index contributed by atoms with van der Waals surface area (Å²) in [7, 11) is -1.22. The van der Waals surface area contributed by atoms with E-state index in [-0.39, 0.29) is 23.5 Å². The lowest BCUT2D eigenvalue weighted by Crippen LogP contribution is -2.43. The zero-order valence-corrected chi connectivity index (χ0v) is 14.3. The highest BCUT2D eigenvalue weighted by Crippen LogP contribution is 2.31. The number of benzene rings is 1. The van der Waals surface area contributed by atoms with Gasteiger partial charge < -0.3 is 4.90 Å². The molecule has 2 aliphatic heterocycles. The zero-order chi connectivity index (χ0) is 16.4. The molecular formula is C17H24N2O3S. The lowest BCUT2D eigenvalue weighted by molar-refractivity contribution is -0.133. The molecule has 3 rings (SSSR count). The first-order chi connectivity index (χ1) is 11.0. The van der Waals surface area contributed by atoms with Gasteiger partial charge in [-0.3, -0.25) is 9.69 Å². The van der Waals surface area contributed by atoms with Gasteiger partial charge in [-0.15, -0.1) is 0 Å². The van der Waals surface area contributed by atoms with Gasteiger partial charge in [0, 0.05) is 19.1 Å². The highest BCUT2D eigenvalue weighted by Gasteiger charge is 2.34. The third-order valence-electron chi connectivity index (χ3n) is 5.04. The van der Waals surface area contributed by atoms with Crippen molar-refractivity contribution in [1.82, 2.24) is 9.80 Å². The lowest BCUT2D eigenvalue weighted by atomic mass is 10.0. The van der Waals surface area contributed by atoms with Crippen molar-refractivity contribution in [1.29, 1.82) is 0 Å². The Labute approximate surface area is 138 Å². The van der Waals surface area contributed by atoms with Crippen molar-refractivity contribution in [2.75, 3.05) is 31.6 Å². The molecule has 0 N–H and O–H groups in total. The van der Waals surface area contributed by atoms with Gasteiger partial charge in [0.2, 0.25) is 5.91 Å². The van der Waals surface area contributed by atoms with E-state index in [1.54, 1.807) is 11.9 Å². The summed E-state index contributed by atoms with van der Waals surface area (Å²) in [6.07, 6.45) is 2.72. The molecule has 0 aliphatic carbocycles. The van der Waals surface area contributed by atoms with Gasteiger partial charge in [-0.05, 0) is 31.4 Å². The number of carbonyl (C=O) groups is 1. The maximum absolute atomic E-state index is 12.6. The van der Waals surface area contributed by atoms with E-state index < -0.39 is 9.84 Å². The number of sulfone groups is 1. The number of likely N-dealkylation sites (N-methyl/N-ethyl adjacent to an activating group) is 1. The molecule has 5 nitrogen and oxygen atoms in total. The summed E-state index contributed by atoms with van der Waals surface area (Å²) in [5, 5.41) is 0. The first-order valence-corrected chi connectivity index (χ1v) is 10.0. The van der Waals surface area contributed by atoms with E-state index in [9.17, 15) is 13.2 Å². The molecule has 2 aliphatic rings. The van der Waals surface area contributed by atoms with E-state index in [1.165, 1.54) is 5.56 Å². The van der Waals surface area contributed by atoms with Crippen molar-refractivity contribution >= 4 is 15.7 Å². The van der Waals surface area contributed by atoms with E-state index in [2.05, 4.69) is 17.0 Å². The molecule has 1 aromatic rings. The van der Waals surface area contributed by atoms with Crippen LogP contribution in [0.2, 0.25) is 0 Å². The minimum Gasteiger partial charge on any atom is -0.341 e. The van der Waals surface area contributed by atoms with Crippen LogP contribution in [0.3, 0.4) is 0 Å². The molecule has 1 amide bonds. The SMILES string of the molecule is CN(C(=O)CN1CCC[C@@H]1c1ccccc1)[C@H]1CCS(=O)(=O)C1. The molecule has 0 spiro atoms. The second-order valence-corrected chi connectivity index (χ2v) is 8.83. The third kappa shape index (κ3) is 3.75. The van der Waals surface area contributed by atoms with Crippen LogP contribution in [-0.2, 0) is 14.6 Å². The average molecular weight is 336 g/mol. The Morgan fingerprint density at radius 2 is 2.00 bits per heavy atom. The molecule has 2 fully saturated rings. The van der Waals surface area contributed by atoms with Gasteiger partial charge >= 0.3 is 0 Å². The van der Waals surface area contributed by atoms with Crippen LogP contribution in [0.5, 0.6) is 0 Å². The van der Waals surface area contributed by atoms with E-state index in [0.29, 0.717) is 19.0 Å². The average Bonchev–Trinajstić information content (AvgIpc) is 3.13. The number of rotatable bonds is 4. The summed E-state index contributed by atoms with van der Waals surface area (Å²) in [5.74, 6) is 0.332. The van der Waals surface area contributed by atoms with E-state index >= 15 is 0 Å². The number of hydrogen-bond donors (Lipinski definition) is 0. The maximum atomic E-state index is 12.6. The normalized spacial score (nSPS) is 27.2. The predicted octanol–water partition coefficient (Wildman–Crippen LogP) is 1.47. The monoisotopic (exact) mass is 336 g/mol. The van der Waals surface area contributed by atoms with Gasteiger partial charge in [-0.2, -0.15) is 0 Å². The Bertz CT molecular complexity index is 660. The van der Waals surface area contributed by atoms with Crippen LogP contribution in [0.25, 0.3) is 0 Å². The largest absolute Gasteiger partial charge is 0.341 e. The first-order valence-electron chi connectivity index (χ1n) is 8.21. The minimum atomic E-state index is -2.96. The zero-order valence-electron chi connectivity index (χ0n) is 13.5. The fourth-order valence-electron chi connectivity index (χ4n) is 3.64. The number of nitrogens with zero attached hydrogens (tertiary/aromatic N) is 2. The number of hydrogen-bond acceptors (Lipinski definition) is 4. The van der Waals surface area contributed by atoms with Gasteiger partial charge in [0.15, 0.2) is 9.84 Å². The molecule has 0 radical (unpaired) electrons. The molecule has 0 saturated carbocycles. The number of carbonyl (C=O) groups excluding carboxylic acids is 1. The summed E-state index contributed by atoms with van der Waals surface area (Å²) < 4.78 is 23.2. The highest BCUT2D eigenvalue weighted by atomic mass is 32.2. The molecule has 2 heterocycles. The quantitative estimate of drug-likeness (QED) is 0.835. The van der Waals surface area contributed by atoms with Crippen molar-refractivity contribution in [3.05, 3.63) is 35.9 Å². The topological polar surface area (TPSA) is 57.7 Å². The van der Waals surface area contributed by atoms with Crippen molar-refractivity contribution in [3.63, 3.8) is 0 Å². The smallest absolute Gasteiger partial charge is 0.236 e. The number of amides is 1. The molecule has 23 heavy (non-hydrogen) atoms. The second kappa shape index (κ2) is 6.61. The molecule has 1 aromatic carbocycles. The van der Waals surface area contributed by atoms with Crippen LogP contribution in [0, 0.1) is 0 Å². The summed E-state index contributed by atoms with van der Waals surface area (Å²) in [6, 6.07) is 10.4. The van der Waals surface area contributed by atoms with Gasteiger partial charge in [0.05, 0.1) is 18.1 Å². The van der Waals surface area contributed by atoms with Crippen LogP contribution in [0.4, 0.5) is 0 Å². The van der Waals surface area contributed by atoms with Crippen molar-refractivity contribution in [3.8, 4) is 0 Å². The summed E-state index contributed by atoms with van der Waals surface area (Å²) in [4.78, 5) is 16.4. The molecule has 0 aromatic heterocycles. The summed E-state index contributed by atoms with van der Waals surface area (Å²) in [6.45, 7) is 1.29. The Morgan fingerprint density at radius 1 is 1.26 bits per heavy atom. The standard InChI is InChI=1S/C17H24N2O3S/c1-18(15-9-11-23(21,22)13-15)17(20)12-19-10-5-8-16(19)14-6-3-2-4-7-14/h2-4,6-7,15-16H,5,8-13H2,1H3/t15-,16+/m0/s1. The van der Waals surface area contributed by atoms with Crippen molar-refractivity contribution in [2.45, 2.75) is 31.3 Å². The summed E-state index contributed by atoms with van der Waals surface area (Å²) >= 11 is 0. The molecule has 6 heteroatoms. The highest BCUT2D eigenvalue weighted by molar-refractivity contribution is 7.91. The molecule has 0 unspecified atom stereocenters. The number of likely N-dealkylation sites (tertiary alicyclic amines) is 1. The molecule has 2 atom stereocenters. The minimum absolute atomic E-state index is 0.0231. The Hall–Kier alpha value is -1.40. The van der Waals surface area contributed by atoms with E-state index in [4.69, 9.17) is 0 Å². The van der Waals surface area contributed by atoms with Gasteiger partial charge in [0.1, 0.15) is 0 Å². The third-order valence-corrected chi connectivity index (χ3v) is 6.79. The van der Waals surface area contributed by atoms with Crippen molar-refractivity contribution in [2.24, 2.45) is 0 Å². The molecular weight excluding hydrogens is 312 g/mol. The Morgan fingerprint density at radius 3 is 2.65 bits per heavy atom. The molecule has 2 saturated heterocycles. The summed E-state index contributed by atoms with van der Waals surface area (Å²) in [5.41, 5.74) is 1.25. The van der Waals surface area contributed by atoms with Crippen LogP contribution < -0.4 is 0 Å².